The minimum atomic E-state index is 0. The number of carbonyl (C=O) groups excluding carboxylic acids is 2. The summed E-state index contributed by atoms with van der Waals surface area (Å²) in [6, 6.07) is 7.60. The van der Waals surface area contributed by atoms with Crippen LogP contribution in [0, 0.1) is 5.92 Å². The van der Waals surface area contributed by atoms with E-state index in [1.165, 1.54) is 0 Å². The van der Waals surface area contributed by atoms with Crippen LogP contribution in [0.3, 0.4) is 0 Å². The van der Waals surface area contributed by atoms with E-state index >= 15 is 0 Å². The Morgan fingerprint density at radius 3 is 2.23 bits per heavy atom. The first-order valence-corrected chi connectivity index (χ1v) is 7.65. The lowest BCUT2D eigenvalue weighted by molar-refractivity contribution is -0.117. The first-order valence-electron chi connectivity index (χ1n) is 7.65. The Bertz CT molecular complexity index is 523. The van der Waals surface area contributed by atoms with Gasteiger partial charge in [-0.2, -0.15) is 0 Å². The van der Waals surface area contributed by atoms with Crippen molar-refractivity contribution in [2.24, 2.45) is 5.92 Å². The second kappa shape index (κ2) is 7.61. The van der Waals surface area contributed by atoms with Crippen LogP contribution in [0.15, 0.2) is 24.3 Å². The second-order valence-corrected chi connectivity index (χ2v) is 5.89. The van der Waals surface area contributed by atoms with Crippen LogP contribution >= 0.6 is 12.4 Å². The number of rotatable bonds is 5. The van der Waals surface area contributed by atoms with Gasteiger partial charge >= 0.3 is 0 Å². The lowest BCUT2D eigenvalue weighted by Gasteiger charge is -2.11. The van der Waals surface area contributed by atoms with Crippen molar-refractivity contribution in [3.05, 3.63) is 24.3 Å². The highest BCUT2D eigenvalue weighted by Crippen LogP contribution is 2.30. The molecule has 1 aliphatic carbocycles. The summed E-state index contributed by atoms with van der Waals surface area (Å²) in [4.78, 5) is 23.6. The van der Waals surface area contributed by atoms with Crippen LogP contribution in [0.25, 0.3) is 0 Å². The lowest BCUT2D eigenvalue weighted by atomic mass is 10.1. The van der Waals surface area contributed by atoms with Crippen molar-refractivity contribution >= 4 is 35.6 Å². The highest BCUT2D eigenvalue weighted by atomic mass is 35.5. The number of hydrogen-bond donors (Lipinski definition) is 3. The van der Waals surface area contributed by atoms with Crippen LogP contribution in [-0.2, 0) is 9.59 Å². The molecule has 22 heavy (non-hydrogen) atoms. The van der Waals surface area contributed by atoms with Crippen molar-refractivity contribution in [3.63, 3.8) is 0 Å². The van der Waals surface area contributed by atoms with E-state index in [0.29, 0.717) is 12.5 Å². The average Bonchev–Trinajstić information content (AvgIpc) is 3.20. The minimum Gasteiger partial charge on any atom is -0.326 e. The van der Waals surface area contributed by atoms with Gasteiger partial charge in [-0.15, -0.1) is 12.4 Å². The fourth-order valence-electron chi connectivity index (χ4n) is 2.59. The summed E-state index contributed by atoms with van der Waals surface area (Å²) in [7, 11) is 0. The molecule has 1 aromatic rings. The normalized spacial score (nSPS) is 20.1. The SMILES string of the molecule is Cl.O=C(CC1CCCN1)Nc1ccc(NC(=O)C2CC2)cc1. The standard InChI is InChI=1S/C16H21N3O2.ClH/c20-15(10-14-2-1-9-17-14)18-12-5-7-13(8-6-12)19-16(21)11-3-4-11;/h5-8,11,14,17H,1-4,9-10H2,(H,18,20)(H,19,21);1H. The van der Waals surface area contributed by atoms with Gasteiger partial charge in [0.2, 0.25) is 11.8 Å². The number of anilines is 2. The maximum Gasteiger partial charge on any atom is 0.227 e. The number of hydrogen-bond acceptors (Lipinski definition) is 3. The molecule has 2 fully saturated rings. The summed E-state index contributed by atoms with van der Waals surface area (Å²) in [5.74, 6) is 0.326. The fraction of sp³-hybridized carbons (Fsp3) is 0.500. The smallest absolute Gasteiger partial charge is 0.227 e. The zero-order valence-electron chi connectivity index (χ0n) is 12.4. The van der Waals surface area contributed by atoms with Crippen LogP contribution in [-0.4, -0.2) is 24.4 Å². The predicted octanol–water partition coefficient (Wildman–Crippen LogP) is 2.54. The van der Waals surface area contributed by atoms with Crippen molar-refractivity contribution in [2.45, 2.75) is 38.1 Å². The predicted molar refractivity (Wildman–Crippen MR) is 89.3 cm³/mol. The van der Waals surface area contributed by atoms with Gasteiger partial charge in [0.1, 0.15) is 0 Å². The Balaban J connectivity index is 0.00000176. The molecule has 0 spiro atoms. The van der Waals surface area contributed by atoms with Crippen LogP contribution in [0.5, 0.6) is 0 Å². The molecule has 5 nitrogen and oxygen atoms in total. The Morgan fingerprint density at radius 1 is 1.05 bits per heavy atom. The molecule has 6 heteroatoms. The van der Waals surface area contributed by atoms with Gasteiger partial charge in [-0.3, -0.25) is 9.59 Å². The molecule has 0 aromatic heterocycles. The van der Waals surface area contributed by atoms with Gasteiger partial charge in [0, 0.05) is 29.8 Å². The van der Waals surface area contributed by atoms with Gasteiger partial charge in [0.15, 0.2) is 0 Å². The highest BCUT2D eigenvalue weighted by molar-refractivity contribution is 5.95. The lowest BCUT2D eigenvalue weighted by Crippen LogP contribution is -2.27. The number of amides is 2. The molecule has 1 aromatic carbocycles. The minimum absolute atomic E-state index is 0. The van der Waals surface area contributed by atoms with Crippen molar-refractivity contribution in [2.75, 3.05) is 17.2 Å². The molecule has 1 aliphatic heterocycles. The van der Waals surface area contributed by atoms with Crippen LogP contribution < -0.4 is 16.0 Å². The Kier molecular flexibility index (Phi) is 5.80. The quantitative estimate of drug-likeness (QED) is 0.780. The van der Waals surface area contributed by atoms with E-state index < -0.39 is 0 Å². The van der Waals surface area contributed by atoms with Gasteiger partial charge in [0.05, 0.1) is 0 Å². The molecule has 0 bridgehead atoms. The molecule has 3 rings (SSSR count). The van der Waals surface area contributed by atoms with Gasteiger partial charge in [0.25, 0.3) is 0 Å². The number of carbonyl (C=O) groups is 2. The molecular weight excluding hydrogens is 302 g/mol. The summed E-state index contributed by atoms with van der Waals surface area (Å²) >= 11 is 0. The van der Waals surface area contributed by atoms with Crippen molar-refractivity contribution in [3.8, 4) is 0 Å². The van der Waals surface area contributed by atoms with Crippen molar-refractivity contribution in [1.29, 1.82) is 0 Å². The molecule has 1 atom stereocenters. The van der Waals surface area contributed by atoms with E-state index in [-0.39, 0.29) is 30.1 Å². The topological polar surface area (TPSA) is 70.2 Å². The summed E-state index contributed by atoms with van der Waals surface area (Å²) in [6.07, 6.45) is 4.72. The molecule has 3 N–H and O–H groups in total. The molecule has 1 saturated carbocycles. The maximum absolute atomic E-state index is 11.9. The summed E-state index contributed by atoms with van der Waals surface area (Å²) < 4.78 is 0. The van der Waals surface area contributed by atoms with Crippen LogP contribution in [0.4, 0.5) is 11.4 Å². The van der Waals surface area contributed by atoms with E-state index in [1.54, 1.807) is 0 Å². The van der Waals surface area contributed by atoms with Gasteiger partial charge in [-0.1, -0.05) is 0 Å². The van der Waals surface area contributed by atoms with Crippen molar-refractivity contribution < 1.29 is 9.59 Å². The maximum atomic E-state index is 11.9. The zero-order valence-corrected chi connectivity index (χ0v) is 13.2. The Hall–Kier alpha value is -1.59. The van der Waals surface area contributed by atoms with Gasteiger partial charge < -0.3 is 16.0 Å². The summed E-state index contributed by atoms with van der Waals surface area (Å²) in [5.41, 5.74) is 1.55. The van der Waals surface area contributed by atoms with Gasteiger partial charge in [-0.05, 0) is 56.5 Å². The van der Waals surface area contributed by atoms with Gasteiger partial charge in [-0.25, -0.2) is 0 Å². The molecule has 120 valence electrons. The third kappa shape index (κ3) is 4.71. The van der Waals surface area contributed by atoms with E-state index in [1.807, 2.05) is 24.3 Å². The third-order valence-corrected chi connectivity index (χ3v) is 3.98. The molecule has 2 aliphatic rings. The molecule has 1 saturated heterocycles. The fourth-order valence-corrected chi connectivity index (χ4v) is 2.59. The van der Waals surface area contributed by atoms with Crippen molar-refractivity contribution in [1.82, 2.24) is 5.32 Å². The van der Waals surface area contributed by atoms with Crippen LogP contribution in [0.2, 0.25) is 0 Å². The largest absolute Gasteiger partial charge is 0.326 e. The first-order chi connectivity index (χ1) is 10.2. The Labute approximate surface area is 136 Å². The second-order valence-electron chi connectivity index (χ2n) is 5.89. The van der Waals surface area contributed by atoms with E-state index in [2.05, 4.69) is 16.0 Å². The monoisotopic (exact) mass is 323 g/mol. The Morgan fingerprint density at radius 2 is 1.68 bits per heavy atom. The number of halogens is 1. The molecular formula is C16H22ClN3O2. The molecule has 0 radical (unpaired) electrons. The number of nitrogens with one attached hydrogen (secondary N) is 3. The third-order valence-electron chi connectivity index (χ3n) is 3.98. The summed E-state index contributed by atoms with van der Waals surface area (Å²) in [6.45, 7) is 1.01. The van der Waals surface area contributed by atoms with E-state index in [4.69, 9.17) is 0 Å². The molecule has 2 amide bonds. The first kappa shape index (κ1) is 16.8. The molecule has 1 heterocycles. The van der Waals surface area contributed by atoms with Crippen LogP contribution in [0.1, 0.15) is 32.1 Å². The highest BCUT2D eigenvalue weighted by Gasteiger charge is 2.29. The summed E-state index contributed by atoms with van der Waals surface area (Å²) in [5, 5.41) is 9.09. The van der Waals surface area contributed by atoms with E-state index in [9.17, 15) is 9.59 Å². The molecule has 1 unspecified atom stereocenters. The number of benzene rings is 1. The average molecular weight is 324 g/mol. The zero-order chi connectivity index (χ0) is 14.7. The van der Waals surface area contributed by atoms with E-state index in [0.717, 1.165) is 43.6 Å².